The Bertz CT molecular complexity index is 374. The van der Waals surface area contributed by atoms with Gasteiger partial charge in [-0.25, -0.2) is 0 Å². The highest BCUT2D eigenvalue weighted by molar-refractivity contribution is 6.27. The molecule has 2 unspecified atom stereocenters. The maximum Gasteiger partial charge on any atom is 0.196 e. The van der Waals surface area contributed by atoms with Crippen LogP contribution in [0.25, 0.3) is 0 Å². The molecule has 0 heterocycles. The van der Waals surface area contributed by atoms with E-state index in [4.69, 9.17) is 17.3 Å². The van der Waals surface area contributed by atoms with E-state index in [0.29, 0.717) is 17.9 Å². The van der Waals surface area contributed by atoms with Crippen molar-refractivity contribution in [1.82, 2.24) is 0 Å². The molecule has 0 aliphatic rings. The number of hydrogen-bond acceptors (Lipinski definition) is 3. The van der Waals surface area contributed by atoms with Gasteiger partial charge in [-0.1, -0.05) is 27.2 Å². The number of carbonyl (C=O) groups is 1. The minimum atomic E-state index is -0.482. The van der Waals surface area contributed by atoms with Gasteiger partial charge in [0.2, 0.25) is 0 Å². The lowest BCUT2D eigenvalue weighted by Crippen LogP contribution is -2.16. The number of ketones is 1. The third-order valence-electron chi connectivity index (χ3n) is 2.26. The first-order valence-electron chi connectivity index (χ1n) is 7.14. The van der Waals surface area contributed by atoms with E-state index < -0.39 is 5.82 Å². The molecule has 110 valence electrons. The molecular formula is C16H25BO3. The fourth-order valence-electron chi connectivity index (χ4n) is 1.42. The molecular weight excluding hydrogens is 251 g/mol. The van der Waals surface area contributed by atoms with Gasteiger partial charge in [0.25, 0.3) is 0 Å². The van der Waals surface area contributed by atoms with E-state index >= 15 is 0 Å². The van der Waals surface area contributed by atoms with E-state index in [2.05, 4.69) is 13.8 Å². The van der Waals surface area contributed by atoms with Crippen LogP contribution in [-0.4, -0.2) is 26.5 Å². The summed E-state index contributed by atoms with van der Waals surface area (Å²) in [6, 6.07) is 6.90. The average Bonchev–Trinajstić information content (AvgIpc) is 2.40. The van der Waals surface area contributed by atoms with E-state index in [1.807, 2.05) is 13.8 Å². The molecule has 0 spiro atoms. The summed E-state index contributed by atoms with van der Waals surface area (Å²) in [7, 11) is 5.53. The smallest absolute Gasteiger partial charge is 0.196 e. The highest BCUT2D eigenvalue weighted by atomic mass is 16.7. The number of rotatable bonds is 6. The Morgan fingerprint density at radius 1 is 1.15 bits per heavy atom. The average molecular weight is 276 g/mol. The summed E-state index contributed by atoms with van der Waals surface area (Å²) >= 11 is 0. The summed E-state index contributed by atoms with van der Waals surface area (Å²) in [5.74, 6) is 0.116. The normalized spacial score (nSPS) is 12.8. The van der Waals surface area contributed by atoms with Crippen LogP contribution >= 0.6 is 0 Å². The van der Waals surface area contributed by atoms with E-state index in [1.54, 1.807) is 31.2 Å². The van der Waals surface area contributed by atoms with Crippen LogP contribution in [-0.2, 0) is 4.74 Å². The number of carbonyl (C=O) groups excluding carboxylic acids is 1. The molecule has 0 saturated heterocycles. The molecule has 0 N–H and O–H groups in total. The van der Waals surface area contributed by atoms with Gasteiger partial charge in [-0.2, -0.15) is 0 Å². The predicted octanol–water partition coefficient (Wildman–Crippen LogP) is 4.02. The summed E-state index contributed by atoms with van der Waals surface area (Å²) in [4.78, 5) is 11.6. The van der Waals surface area contributed by atoms with Crippen LogP contribution in [0.3, 0.4) is 0 Å². The number of hydrogen-bond donors (Lipinski definition) is 0. The highest BCUT2D eigenvalue weighted by Crippen LogP contribution is 2.17. The maximum atomic E-state index is 11.6. The molecule has 0 aliphatic carbocycles. The van der Waals surface area contributed by atoms with Crippen LogP contribution in [0.1, 0.15) is 51.4 Å². The van der Waals surface area contributed by atoms with Crippen molar-refractivity contribution in [3.05, 3.63) is 29.8 Å². The molecule has 0 fully saturated rings. The summed E-state index contributed by atoms with van der Waals surface area (Å²) in [5, 5.41) is 0. The van der Waals surface area contributed by atoms with Gasteiger partial charge in [0.1, 0.15) is 5.75 Å². The highest BCUT2D eigenvalue weighted by Gasteiger charge is 2.10. The quantitative estimate of drug-likeness (QED) is 0.447. The third-order valence-corrected chi connectivity index (χ3v) is 2.26. The Morgan fingerprint density at radius 2 is 1.65 bits per heavy atom. The van der Waals surface area contributed by atoms with Gasteiger partial charge in [0, 0.05) is 12.2 Å². The molecule has 1 aromatic carbocycles. The Labute approximate surface area is 124 Å². The van der Waals surface area contributed by atoms with Gasteiger partial charge in [-0.15, -0.1) is 0 Å². The first-order valence-corrected chi connectivity index (χ1v) is 7.14. The zero-order valence-electron chi connectivity index (χ0n) is 13.2. The number of ether oxygens (including phenoxy) is 2. The van der Waals surface area contributed by atoms with Crippen molar-refractivity contribution in [2.24, 2.45) is 0 Å². The zero-order chi connectivity index (χ0) is 15.5. The molecule has 4 heteroatoms. The third kappa shape index (κ3) is 7.34. The molecule has 1 rings (SSSR count). The van der Waals surface area contributed by atoms with Crippen LogP contribution in [0.5, 0.6) is 5.75 Å². The molecule has 0 aromatic heterocycles. The second-order valence-corrected chi connectivity index (χ2v) is 4.53. The molecule has 2 radical (unpaired) electrons. The molecule has 0 aliphatic heterocycles. The molecule has 20 heavy (non-hydrogen) atoms. The van der Waals surface area contributed by atoms with Crippen LogP contribution < -0.4 is 4.74 Å². The summed E-state index contributed by atoms with van der Waals surface area (Å²) in [5.41, 5.74) is 0.594. The molecule has 3 nitrogen and oxygen atoms in total. The molecule has 0 amide bonds. The SMILES string of the molecule is CCC.[B]C(C)C(=O)c1ccc(OC(C)OCC)cc1. The largest absolute Gasteiger partial charge is 0.465 e. The van der Waals surface area contributed by atoms with E-state index in [0.717, 1.165) is 0 Å². The van der Waals surface area contributed by atoms with Crippen LogP contribution in [0.2, 0.25) is 5.82 Å². The van der Waals surface area contributed by atoms with Crippen molar-refractivity contribution in [2.75, 3.05) is 6.61 Å². The fourth-order valence-corrected chi connectivity index (χ4v) is 1.42. The lowest BCUT2D eigenvalue weighted by Gasteiger charge is -2.14. The van der Waals surface area contributed by atoms with Crippen molar-refractivity contribution < 1.29 is 14.3 Å². The minimum Gasteiger partial charge on any atom is -0.465 e. The number of benzene rings is 1. The first kappa shape index (κ1) is 18.7. The minimum absolute atomic E-state index is 0.0746. The molecule has 0 bridgehead atoms. The van der Waals surface area contributed by atoms with Crippen LogP contribution in [0, 0.1) is 0 Å². The summed E-state index contributed by atoms with van der Waals surface area (Å²) < 4.78 is 10.7. The van der Waals surface area contributed by atoms with Crippen molar-refractivity contribution >= 4 is 13.6 Å². The van der Waals surface area contributed by atoms with Crippen molar-refractivity contribution in [1.29, 1.82) is 0 Å². The van der Waals surface area contributed by atoms with Crippen molar-refractivity contribution in [2.45, 2.75) is 53.1 Å². The predicted molar refractivity (Wildman–Crippen MR) is 83.6 cm³/mol. The molecule has 0 saturated carbocycles. The van der Waals surface area contributed by atoms with Gasteiger partial charge >= 0.3 is 0 Å². The van der Waals surface area contributed by atoms with E-state index in [9.17, 15) is 4.79 Å². The van der Waals surface area contributed by atoms with E-state index in [-0.39, 0.29) is 12.1 Å². The topological polar surface area (TPSA) is 35.5 Å². The van der Waals surface area contributed by atoms with Crippen molar-refractivity contribution in [3.63, 3.8) is 0 Å². The van der Waals surface area contributed by atoms with Gasteiger partial charge in [0.15, 0.2) is 12.1 Å². The Morgan fingerprint density at radius 3 is 2.05 bits per heavy atom. The van der Waals surface area contributed by atoms with Crippen molar-refractivity contribution in [3.8, 4) is 5.75 Å². The first-order chi connectivity index (χ1) is 9.46. The molecule has 1 aromatic rings. The van der Waals surface area contributed by atoms with Gasteiger partial charge in [-0.3, -0.25) is 4.79 Å². The zero-order valence-corrected chi connectivity index (χ0v) is 13.2. The van der Waals surface area contributed by atoms with Gasteiger partial charge in [-0.05, 0) is 43.9 Å². The lowest BCUT2D eigenvalue weighted by molar-refractivity contribution is -0.0613. The van der Waals surface area contributed by atoms with Crippen LogP contribution in [0.15, 0.2) is 24.3 Å². The summed E-state index contributed by atoms with van der Waals surface area (Å²) in [6.45, 7) is 10.3. The standard InChI is InChI=1S/C13H17BO3.C3H8/c1-4-16-10(3)17-12-7-5-11(6-8-12)13(15)9(2)14;1-3-2/h5-10H,4H2,1-3H3;3H2,1-2H3. The Balaban J connectivity index is 0.00000110. The maximum absolute atomic E-state index is 11.6. The summed E-state index contributed by atoms with van der Waals surface area (Å²) in [6.07, 6.45) is 0.954. The fraction of sp³-hybridized carbons (Fsp3) is 0.562. The Hall–Kier alpha value is -1.29. The second kappa shape index (κ2) is 10.5. The number of Topliss-reactive ketones (excluding diaryl/α,β-unsaturated/α-hetero) is 1. The van der Waals surface area contributed by atoms with Gasteiger partial charge in [0.05, 0.1) is 7.85 Å². The Kier molecular flexibility index (Phi) is 9.82. The second-order valence-electron chi connectivity index (χ2n) is 4.53. The lowest BCUT2D eigenvalue weighted by atomic mass is 9.83. The monoisotopic (exact) mass is 276 g/mol. The molecule has 2 atom stereocenters. The van der Waals surface area contributed by atoms with E-state index in [1.165, 1.54) is 6.42 Å². The van der Waals surface area contributed by atoms with Gasteiger partial charge < -0.3 is 9.47 Å². The van der Waals surface area contributed by atoms with Crippen LogP contribution in [0.4, 0.5) is 0 Å².